The van der Waals surface area contributed by atoms with Gasteiger partial charge in [-0.1, -0.05) is 30.3 Å². The van der Waals surface area contributed by atoms with Crippen LogP contribution in [0.3, 0.4) is 0 Å². The van der Waals surface area contributed by atoms with Gasteiger partial charge in [-0.3, -0.25) is 9.69 Å². The van der Waals surface area contributed by atoms with Crippen molar-refractivity contribution in [3.8, 4) is 0 Å². The third-order valence-corrected chi connectivity index (χ3v) is 8.81. The van der Waals surface area contributed by atoms with E-state index in [0.717, 1.165) is 50.4 Å². The van der Waals surface area contributed by atoms with E-state index < -0.39 is 0 Å². The molecule has 3 nitrogen and oxygen atoms in total. The lowest BCUT2D eigenvalue weighted by molar-refractivity contribution is -0.156. The van der Waals surface area contributed by atoms with Crippen LogP contribution in [0, 0.1) is 29.1 Å². The quantitative estimate of drug-likeness (QED) is 0.774. The zero-order chi connectivity index (χ0) is 18.7. The minimum absolute atomic E-state index is 0.0656. The first-order valence-corrected chi connectivity index (χ1v) is 11.6. The summed E-state index contributed by atoms with van der Waals surface area (Å²) in [7, 11) is 0. The van der Waals surface area contributed by atoms with Gasteiger partial charge in [0.1, 0.15) is 5.78 Å². The maximum absolute atomic E-state index is 13.9. The van der Waals surface area contributed by atoms with Crippen LogP contribution in [0.2, 0.25) is 0 Å². The maximum Gasteiger partial charge on any atom is 0.142 e. The molecule has 2 atom stereocenters. The van der Waals surface area contributed by atoms with Gasteiger partial charge in [-0.2, -0.15) is 0 Å². The Hall–Kier alpha value is -1.19. The Bertz CT molecular complexity index is 695. The number of rotatable bonds is 4. The van der Waals surface area contributed by atoms with Crippen molar-refractivity contribution in [1.29, 1.82) is 0 Å². The van der Waals surface area contributed by atoms with Crippen LogP contribution in [-0.2, 0) is 16.1 Å². The normalized spacial score (nSPS) is 44.6. The molecule has 6 bridgehead atoms. The van der Waals surface area contributed by atoms with Crippen LogP contribution in [0.1, 0.15) is 56.9 Å². The molecule has 150 valence electrons. The second-order valence-corrected chi connectivity index (χ2v) is 10.7. The Kier molecular flexibility index (Phi) is 4.20. The zero-order valence-corrected chi connectivity index (χ0v) is 16.9. The molecule has 0 amide bonds. The average molecular weight is 380 g/mol. The van der Waals surface area contributed by atoms with Gasteiger partial charge < -0.3 is 4.74 Å². The van der Waals surface area contributed by atoms with E-state index in [-0.39, 0.29) is 11.3 Å². The third-order valence-electron chi connectivity index (χ3n) is 8.81. The highest BCUT2D eigenvalue weighted by molar-refractivity contribution is 5.87. The van der Waals surface area contributed by atoms with Crippen LogP contribution >= 0.6 is 0 Å². The predicted molar refractivity (Wildman–Crippen MR) is 109 cm³/mol. The second kappa shape index (κ2) is 6.67. The number of benzene rings is 1. The molecule has 4 aliphatic carbocycles. The molecule has 2 saturated heterocycles. The number of hydrogen-bond donors (Lipinski definition) is 0. The fraction of sp³-hybridized carbons (Fsp3) is 0.720. The van der Waals surface area contributed by atoms with E-state index in [1.807, 2.05) is 0 Å². The Labute approximate surface area is 168 Å². The van der Waals surface area contributed by atoms with Gasteiger partial charge in [0.2, 0.25) is 0 Å². The van der Waals surface area contributed by atoms with E-state index in [1.165, 1.54) is 44.1 Å². The summed E-state index contributed by atoms with van der Waals surface area (Å²) in [6.07, 6.45) is 9.94. The van der Waals surface area contributed by atoms with Crippen LogP contribution in [0.25, 0.3) is 0 Å². The van der Waals surface area contributed by atoms with E-state index in [9.17, 15) is 4.79 Å². The summed E-state index contributed by atoms with van der Waals surface area (Å²) in [6, 6.07) is 11.6. The molecule has 4 saturated carbocycles. The lowest BCUT2D eigenvalue weighted by Gasteiger charge is -2.57. The summed E-state index contributed by atoms with van der Waals surface area (Å²) in [4.78, 5) is 16.5. The van der Waals surface area contributed by atoms with E-state index in [4.69, 9.17) is 4.74 Å². The van der Waals surface area contributed by atoms with Gasteiger partial charge >= 0.3 is 0 Å². The number of Topliss-reactive ketones (excluding diaryl/α,β-unsaturated/α-hetero) is 1. The largest absolute Gasteiger partial charge is 0.378 e. The molecule has 2 heterocycles. The minimum Gasteiger partial charge on any atom is -0.378 e. The number of morpholine rings is 1. The molecule has 2 aliphatic heterocycles. The van der Waals surface area contributed by atoms with Crippen molar-refractivity contribution < 1.29 is 9.53 Å². The van der Waals surface area contributed by atoms with Crippen molar-refractivity contribution in [2.24, 2.45) is 29.1 Å². The standard InChI is InChI=1S/C25H33NO2/c27-24(25-11-18-6-19(12-25)8-20(7-18)13-25)21-9-22-15-28-16-23(10-21)26(22)14-17-4-2-1-3-5-17/h1-5,18-23H,6-16H2. The summed E-state index contributed by atoms with van der Waals surface area (Å²) < 4.78 is 5.93. The Morgan fingerprint density at radius 3 is 2.04 bits per heavy atom. The number of carbonyl (C=O) groups excluding carboxylic acids is 1. The predicted octanol–water partition coefficient (Wildman–Crippen LogP) is 4.45. The van der Waals surface area contributed by atoms with Gasteiger partial charge in [0.15, 0.2) is 0 Å². The second-order valence-electron chi connectivity index (χ2n) is 10.7. The lowest BCUT2D eigenvalue weighted by atomic mass is 9.47. The molecule has 0 radical (unpaired) electrons. The highest BCUT2D eigenvalue weighted by Gasteiger charge is 2.56. The number of hydrogen-bond acceptors (Lipinski definition) is 3. The monoisotopic (exact) mass is 379 g/mol. The van der Waals surface area contributed by atoms with Gasteiger partial charge in [-0.15, -0.1) is 0 Å². The Morgan fingerprint density at radius 1 is 0.893 bits per heavy atom. The van der Waals surface area contributed by atoms with Crippen molar-refractivity contribution in [3.05, 3.63) is 35.9 Å². The molecule has 7 rings (SSSR count). The van der Waals surface area contributed by atoms with Gasteiger partial charge in [0.25, 0.3) is 0 Å². The number of ether oxygens (including phenoxy) is 1. The van der Waals surface area contributed by atoms with E-state index in [0.29, 0.717) is 17.9 Å². The van der Waals surface area contributed by atoms with Gasteiger partial charge in [-0.05, 0) is 74.7 Å². The summed E-state index contributed by atoms with van der Waals surface area (Å²) in [5.41, 5.74) is 1.45. The smallest absolute Gasteiger partial charge is 0.142 e. The molecule has 0 spiro atoms. The molecule has 0 aromatic heterocycles. The van der Waals surface area contributed by atoms with Crippen molar-refractivity contribution in [2.75, 3.05) is 13.2 Å². The molecule has 0 N–H and O–H groups in total. The molecule has 1 aromatic rings. The fourth-order valence-corrected chi connectivity index (χ4v) is 8.10. The summed E-state index contributed by atoms with van der Waals surface area (Å²) in [5.74, 6) is 3.52. The Balaban J connectivity index is 1.20. The van der Waals surface area contributed by atoms with Crippen LogP contribution in [0.15, 0.2) is 30.3 Å². The van der Waals surface area contributed by atoms with Gasteiger partial charge in [-0.25, -0.2) is 0 Å². The number of piperidine rings is 1. The summed E-state index contributed by atoms with van der Waals surface area (Å²) in [5, 5.41) is 0. The first-order chi connectivity index (χ1) is 13.7. The SMILES string of the molecule is O=C(C1CC2COCC(C1)N2Cc1ccccc1)C12CC3CC(CC(C3)C1)C2. The number of ketones is 1. The van der Waals surface area contributed by atoms with Crippen molar-refractivity contribution >= 4 is 5.78 Å². The van der Waals surface area contributed by atoms with Crippen molar-refractivity contribution in [2.45, 2.75) is 70.0 Å². The summed E-state index contributed by atoms with van der Waals surface area (Å²) in [6.45, 7) is 2.60. The maximum atomic E-state index is 13.9. The van der Waals surface area contributed by atoms with Crippen LogP contribution in [0.5, 0.6) is 0 Å². The third kappa shape index (κ3) is 2.89. The first-order valence-electron chi connectivity index (χ1n) is 11.6. The van der Waals surface area contributed by atoms with Crippen molar-refractivity contribution in [1.82, 2.24) is 4.90 Å². The minimum atomic E-state index is 0.0656. The van der Waals surface area contributed by atoms with Gasteiger partial charge in [0, 0.05) is 30.0 Å². The number of nitrogens with zero attached hydrogens (tertiary/aromatic N) is 1. The van der Waals surface area contributed by atoms with E-state index >= 15 is 0 Å². The van der Waals surface area contributed by atoms with Gasteiger partial charge in [0.05, 0.1) is 13.2 Å². The molecule has 1 aromatic carbocycles. The lowest BCUT2D eigenvalue weighted by Crippen LogP contribution is -2.59. The van der Waals surface area contributed by atoms with E-state index in [2.05, 4.69) is 35.2 Å². The van der Waals surface area contributed by atoms with Crippen LogP contribution < -0.4 is 0 Å². The topological polar surface area (TPSA) is 29.5 Å². The highest BCUT2D eigenvalue weighted by atomic mass is 16.5. The molecule has 6 aliphatic rings. The number of fused-ring (bicyclic) bond motifs is 2. The molecular formula is C25H33NO2. The van der Waals surface area contributed by atoms with E-state index in [1.54, 1.807) is 0 Å². The molecular weight excluding hydrogens is 346 g/mol. The first kappa shape index (κ1) is 17.7. The fourth-order valence-electron chi connectivity index (χ4n) is 8.10. The Morgan fingerprint density at radius 2 is 1.46 bits per heavy atom. The van der Waals surface area contributed by atoms with Crippen molar-refractivity contribution in [3.63, 3.8) is 0 Å². The highest BCUT2D eigenvalue weighted by Crippen LogP contribution is 2.61. The number of carbonyl (C=O) groups is 1. The van der Waals surface area contributed by atoms with Crippen LogP contribution in [-0.4, -0.2) is 36.0 Å². The van der Waals surface area contributed by atoms with Crippen LogP contribution in [0.4, 0.5) is 0 Å². The zero-order valence-electron chi connectivity index (χ0n) is 16.9. The molecule has 2 unspecified atom stereocenters. The molecule has 3 heteroatoms. The summed E-state index contributed by atoms with van der Waals surface area (Å²) >= 11 is 0. The average Bonchev–Trinajstić information content (AvgIpc) is 2.67. The molecule has 28 heavy (non-hydrogen) atoms. The molecule has 6 fully saturated rings.